The molecule has 1 amide bonds. The summed E-state index contributed by atoms with van der Waals surface area (Å²) >= 11 is 0. The predicted octanol–water partition coefficient (Wildman–Crippen LogP) is 3.77. The smallest absolute Gasteiger partial charge is 0.347 e. The third kappa shape index (κ3) is 5.44. The van der Waals surface area contributed by atoms with Gasteiger partial charge in [0, 0.05) is 19.3 Å². The van der Waals surface area contributed by atoms with Crippen LogP contribution in [0.25, 0.3) is 11.0 Å². The van der Waals surface area contributed by atoms with E-state index >= 15 is 0 Å². The Labute approximate surface area is 192 Å². The molecule has 0 unspecified atom stereocenters. The summed E-state index contributed by atoms with van der Waals surface area (Å²) in [4.78, 5) is 19.8. The molecule has 4 aromatic rings. The maximum atomic E-state index is 13.4. The Morgan fingerprint density at radius 1 is 1.09 bits per heavy atom. The maximum Gasteiger partial charge on any atom is 0.449 e. The van der Waals surface area contributed by atoms with Gasteiger partial charge in [-0.15, -0.1) is 0 Å². The third-order valence-corrected chi connectivity index (χ3v) is 4.91. The molecule has 0 aliphatic carbocycles. The predicted molar refractivity (Wildman–Crippen MR) is 107 cm³/mol. The molecule has 0 saturated carbocycles. The average Bonchev–Trinajstić information content (AvgIpc) is 3.51. The van der Waals surface area contributed by atoms with Crippen molar-refractivity contribution in [1.29, 1.82) is 0 Å². The van der Waals surface area contributed by atoms with Crippen molar-refractivity contribution in [3.8, 4) is 0 Å². The topological polar surface area (TPSA) is 104 Å². The van der Waals surface area contributed by atoms with Crippen molar-refractivity contribution in [2.75, 3.05) is 6.54 Å². The summed E-state index contributed by atoms with van der Waals surface area (Å²) in [5.74, 6) is -2.88. The van der Waals surface area contributed by atoms with Crippen molar-refractivity contribution in [3.63, 3.8) is 0 Å². The summed E-state index contributed by atoms with van der Waals surface area (Å²) in [5.41, 5.74) is -0.682. The van der Waals surface area contributed by atoms with Gasteiger partial charge in [0.25, 0.3) is 0 Å². The Morgan fingerprint density at radius 3 is 2.51 bits per heavy atom. The van der Waals surface area contributed by atoms with E-state index in [1.165, 1.54) is 18.3 Å². The molecule has 4 rings (SSSR count). The van der Waals surface area contributed by atoms with Crippen LogP contribution in [0.15, 0.2) is 41.1 Å². The van der Waals surface area contributed by atoms with Gasteiger partial charge in [-0.05, 0) is 24.1 Å². The zero-order valence-electron chi connectivity index (χ0n) is 17.9. The molecule has 15 heteroatoms. The summed E-state index contributed by atoms with van der Waals surface area (Å²) in [6, 6.07) is 6.86. The van der Waals surface area contributed by atoms with Crippen molar-refractivity contribution in [1.82, 2.24) is 34.8 Å². The number of alkyl halides is 6. The highest BCUT2D eigenvalue weighted by molar-refractivity contribution is 5.89. The van der Waals surface area contributed by atoms with Gasteiger partial charge in [0.1, 0.15) is 0 Å². The number of para-hydroxylation sites is 2. The van der Waals surface area contributed by atoms with Crippen LogP contribution >= 0.6 is 0 Å². The van der Waals surface area contributed by atoms with Crippen LogP contribution in [-0.2, 0) is 25.4 Å². The average molecular weight is 501 g/mol. The van der Waals surface area contributed by atoms with Crippen molar-refractivity contribution >= 4 is 16.9 Å². The van der Waals surface area contributed by atoms with E-state index in [0.717, 1.165) is 15.3 Å². The second kappa shape index (κ2) is 9.03. The van der Waals surface area contributed by atoms with Crippen LogP contribution in [0.4, 0.5) is 26.3 Å². The zero-order valence-corrected chi connectivity index (χ0v) is 17.9. The van der Waals surface area contributed by atoms with Gasteiger partial charge in [-0.2, -0.15) is 36.4 Å². The molecule has 0 bridgehead atoms. The van der Waals surface area contributed by atoms with Gasteiger partial charge < -0.3 is 14.4 Å². The summed E-state index contributed by atoms with van der Waals surface area (Å²) < 4.78 is 85.1. The Balaban J connectivity index is 1.39. The van der Waals surface area contributed by atoms with Crippen LogP contribution < -0.4 is 5.32 Å². The largest absolute Gasteiger partial charge is 0.449 e. The van der Waals surface area contributed by atoms with Gasteiger partial charge in [0.05, 0.1) is 17.6 Å². The van der Waals surface area contributed by atoms with Gasteiger partial charge in [0.2, 0.25) is 5.82 Å². The number of carbonyl (C=O) groups excluding carboxylic acids is 1. The minimum atomic E-state index is -4.73. The lowest BCUT2D eigenvalue weighted by Crippen LogP contribution is -2.30. The van der Waals surface area contributed by atoms with E-state index in [4.69, 9.17) is 4.52 Å². The molecular weight excluding hydrogens is 484 g/mol. The van der Waals surface area contributed by atoms with Gasteiger partial charge in [-0.25, -0.2) is 4.98 Å². The first-order valence-corrected chi connectivity index (χ1v) is 10.2. The fraction of sp³-hybridized carbons (Fsp3) is 0.350. The molecule has 1 aromatic carbocycles. The molecule has 186 valence electrons. The van der Waals surface area contributed by atoms with Crippen molar-refractivity contribution in [2.45, 2.75) is 32.4 Å². The number of nitrogens with zero attached hydrogens (tertiary/aromatic N) is 6. The lowest BCUT2D eigenvalue weighted by atomic mass is 10.2. The van der Waals surface area contributed by atoms with Gasteiger partial charge in [-0.1, -0.05) is 24.2 Å². The number of amides is 1. The molecule has 1 N–H and O–H groups in total. The molecule has 3 heterocycles. The summed E-state index contributed by atoms with van der Waals surface area (Å²) in [6.07, 6.45) is -8.10. The van der Waals surface area contributed by atoms with E-state index in [-0.39, 0.29) is 35.9 Å². The second-order valence-electron chi connectivity index (χ2n) is 7.76. The molecular formula is C20H17F6N7O2. The lowest BCUT2D eigenvalue weighted by Gasteiger charge is -2.12. The van der Waals surface area contributed by atoms with E-state index in [1.807, 2.05) is 0 Å². The number of rotatable bonds is 7. The number of imidazole rings is 1. The van der Waals surface area contributed by atoms with Gasteiger partial charge in [-0.3, -0.25) is 9.48 Å². The first kappa shape index (κ1) is 24.2. The standard InChI is InChI=1S/C20H17F6N7O2/c1-11(9-32-7-6-14(30-32)19(21,22)23)8-27-16(34)17-29-15(31-35-17)10-33-13-5-3-2-4-12(13)28-18(33)20(24,25)26/h2-7,11H,8-10H2,1H3,(H,27,34)/t11-/m1/s1. The number of benzene rings is 1. The molecule has 3 aromatic heterocycles. The summed E-state index contributed by atoms with van der Waals surface area (Å²) in [7, 11) is 0. The number of hydrogen-bond donors (Lipinski definition) is 1. The highest BCUT2D eigenvalue weighted by Gasteiger charge is 2.38. The number of aromatic nitrogens is 6. The number of carbonyl (C=O) groups is 1. The summed E-state index contributed by atoms with van der Waals surface area (Å²) in [5, 5.41) is 9.52. The number of hydrogen-bond acceptors (Lipinski definition) is 6. The number of fused-ring (bicyclic) bond motifs is 1. The van der Waals surface area contributed by atoms with Crippen LogP contribution in [0.1, 0.15) is 35.0 Å². The molecule has 0 spiro atoms. The van der Waals surface area contributed by atoms with Crippen LogP contribution in [0.3, 0.4) is 0 Å². The van der Waals surface area contributed by atoms with Crippen LogP contribution in [0, 0.1) is 5.92 Å². The molecule has 9 nitrogen and oxygen atoms in total. The number of halogens is 6. The van der Waals surface area contributed by atoms with Crippen molar-refractivity contribution < 1.29 is 35.7 Å². The van der Waals surface area contributed by atoms with Gasteiger partial charge in [0.15, 0.2) is 11.5 Å². The SMILES string of the molecule is C[C@H](CNC(=O)c1nc(Cn2c(C(F)(F)F)nc3ccccc32)no1)Cn1ccc(C(F)(F)F)n1. The Hall–Kier alpha value is -3.91. The zero-order chi connectivity index (χ0) is 25.4. The monoisotopic (exact) mass is 501 g/mol. The molecule has 0 aliphatic rings. The molecule has 0 fully saturated rings. The van der Waals surface area contributed by atoms with E-state index in [1.54, 1.807) is 19.1 Å². The fourth-order valence-electron chi connectivity index (χ4n) is 3.34. The maximum absolute atomic E-state index is 13.4. The van der Waals surface area contributed by atoms with E-state index in [2.05, 4.69) is 25.5 Å². The van der Waals surface area contributed by atoms with E-state index < -0.39 is 42.2 Å². The van der Waals surface area contributed by atoms with Crippen molar-refractivity contribution in [2.24, 2.45) is 5.92 Å². The minimum absolute atomic E-state index is 0.0438. The van der Waals surface area contributed by atoms with Crippen molar-refractivity contribution in [3.05, 3.63) is 59.8 Å². The minimum Gasteiger partial charge on any atom is -0.347 e. The lowest BCUT2D eigenvalue weighted by molar-refractivity contribution is -0.146. The highest BCUT2D eigenvalue weighted by Crippen LogP contribution is 2.32. The Kier molecular flexibility index (Phi) is 6.25. The molecule has 0 aliphatic heterocycles. The molecule has 1 atom stereocenters. The Bertz CT molecular complexity index is 1340. The van der Waals surface area contributed by atoms with Crippen LogP contribution in [-0.4, -0.2) is 41.9 Å². The Morgan fingerprint density at radius 2 is 1.83 bits per heavy atom. The van der Waals surface area contributed by atoms with Gasteiger partial charge >= 0.3 is 24.2 Å². The normalized spacial score (nSPS) is 13.3. The summed E-state index contributed by atoms with van der Waals surface area (Å²) in [6.45, 7) is 1.38. The number of nitrogens with one attached hydrogen (secondary N) is 1. The van der Waals surface area contributed by atoms with E-state index in [9.17, 15) is 31.1 Å². The van der Waals surface area contributed by atoms with E-state index in [0.29, 0.717) is 0 Å². The quantitative estimate of drug-likeness (QED) is 0.387. The molecule has 35 heavy (non-hydrogen) atoms. The highest BCUT2D eigenvalue weighted by atomic mass is 19.4. The molecule has 0 radical (unpaired) electrons. The first-order valence-electron chi connectivity index (χ1n) is 10.2. The third-order valence-electron chi connectivity index (χ3n) is 4.91. The first-order chi connectivity index (χ1) is 16.4. The van der Waals surface area contributed by atoms with Crippen LogP contribution in [0.5, 0.6) is 0 Å². The fourth-order valence-corrected chi connectivity index (χ4v) is 3.34. The van der Waals surface area contributed by atoms with Crippen LogP contribution in [0.2, 0.25) is 0 Å². The second-order valence-corrected chi connectivity index (χ2v) is 7.76. The molecule has 0 saturated heterocycles.